The maximum absolute atomic E-state index is 5.34. The van der Waals surface area contributed by atoms with Crippen molar-refractivity contribution in [2.24, 2.45) is 0 Å². The molecule has 1 aliphatic rings. The van der Waals surface area contributed by atoms with E-state index >= 15 is 0 Å². The first kappa shape index (κ1) is 15.0. The fourth-order valence-electron chi connectivity index (χ4n) is 3.01. The van der Waals surface area contributed by atoms with Gasteiger partial charge in [-0.25, -0.2) is 9.67 Å². The van der Waals surface area contributed by atoms with Crippen molar-refractivity contribution in [1.29, 1.82) is 0 Å². The molecule has 1 aromatic carbocycles. The maximum atomic E-state index is 5.34. The predicted octanol–water partition coefficient (Wildman–Crippen LogP) is 1.87. The normalized spacial score (nSPS) is 16.9. The summed E-state index contributed by atoms with van der Waals surface area (Å²) in [5.74, 6) is 2.44. The number of aromatic nitrogens is 5. The molecule has 7 nitrogen and oxygen atoms in total. The van der Waals surface area contributed by atoms with E-state index in [9.17, 15) is 0 Å². The summed E-state index contributed by atoms with van der Waals surface area (Å²) < 4.78 is 7.33. The molecule has 4 rings (SSSR count). The van der Waals surface area contributed by atoms with Crippen LogP contribution in [0.5, 0.6) is 0 Å². The van der Waals surface area contributed by atoms with Crippen molar-refractivity contribution in [1.82, 2.24) is 30.2 Å². The fourth-order valence-corrected chi connectivity index (χ4v) is 3.01. The summed E-state index contributed by atoms with van der Waals surface area (Å²) in [5, 5.41) is 11.9. The second-order valence-electron chi connectivity index (χ2n) is 6.03. The molecule has 3 aromatic rings. The Balaban J connectivity index is 1.23. The van der Waals surface area contributed by atoms with Crippen molar-refractivity contribution in [2.45, 2.75) is 38.3 Å². The molecule has 0 radical (unpaired) electrons. The molecule has 2 aromatic heterocycles. The highest BCUT2D eigenvalue weighted by Crippen LogP contribution is 2.15. The zero-order valence-corrected chi connectivity index (χ0v) is 13.4. The number of rotatable bonds is 6. The molecule has 0 spiro atoms. The van der Waals surface area contributed by atoms with Crippen LogP contribution in [0.2, 0.25) is 0 Å². The van der Waals surface area contributed by atoms with Gasteiger partial charge in [0.15, 0.2) is 0 Å². The summed E-state index contributed by atoms with van der Waals surface area (Å²) >= 11 is 0. The first-order chi connectivity index (χ1) is 11.9. The number of benzene rings is 1. The maximum Gasteiger partial charge on any atom is 0.227 e. The quantitative estimate of drug-likeness (QED) is 0.697. The Hall–Kier alpha value is -2.54. The molecule has 0 saturated heterocycles. The minimum absolute atomic E-state index is 0.460. The number of aryl methyl sites for hydroxylation is 2. The minimum Gasteiger partial charge on any atom is -0.339 e. The summed E-state index contributed by atoms with van der Waals surface area (Å²) in [4.78, 5) is 8.71. The van der Waals surface area contributed by atoms with Gasteiger partial charge in [0, 0.05) is 24.4 Å². The van der Waals surface area contributed by atoms with Crippen LogP contribution in [0.4, 0.5) is 0 Å². The van der Waals surface area contributed by atoms with Gasteiger partial charge in [-0.2, -0.15) is 10.1 Å². The number of fused-ring (bicyclic) bond motifs is 1. The molecule has 0 fully saturated rings. The van der Waals surface area contributed by atoms with Gasteiger partial charge in [0.1, 0.15) is 12.2 Å². The van der Waals surface area contributed by atoms with Crippen LogP contribution >= 0.6 is 0 Å². The van der Waals surface area contributed by atoms with Crippen molar-refractivity contribution >= 4 is 0 Å². The van der Waals surface area contributed by atoms with Gasteiger partial charge in [0.2, 0.25) is 11.7 Å². The van der Waals surface area contributed by atoms with E-state index < -0.39 is 0 Å². The van der Waals surface area contributed by atoms with Gasteiger partial charge in [-0.15, -0.1) is 0 Å². The Morgan fingerprint density at radius 3 is 3.08 bits per heavy atom. The summed E-state index contributed by atoms with van der Waals surface area (Å²) in [5.41, 5.74) is 0.983. The standard InChI is InChI=1S/C17H20N6O/c1-2-5-13(6-3-1)17-21-16(24-22-17)7-4-10-18-14-8-9-15-19-12-20-23(15)11-14/h1-3,5-6,12,14,18H,4,7-11H2. The van der Waals surface area contributed by atoms with Gasteiger partial charge in [0.05, 0.1) is 6.54 Å². The molecule has 3 heterocycles. The lowest BCUT2D eigenvalue weighted by atomic mass is 10.1. The van der Waals surface area contributed by atoms with E-state index in [1.807, 2.05) is 35.0 Å². The second-order valence-corrected chi connectivity index (χ2v) is 6.03. The monoisotopic (exact) mass is 324 g/mol. The number of hydrogen-bond donors (Lipinski definition) is 1. The van der Waals surface area contributed by atoms with Crippen molar-refractivity contribution in [2.75, 3.05) is 6.54 Å². The molecule has 124 valence electrons. The zero-order valence-electron chi connectivity index (χ0n) is 13.4. The third kappa shape index (κ3) is 3.35. The van der Waals surface area contributed by atoms with Gasteiger partial charge in [-0.1, -0.05) is 35.5 Å². The van der Waals surface area contributed by atoms with Crippen LogP contribution < -0.4 is 5.32 Å². The Morgan fingerprint density at radius 1 is 1.25 bits per heavy atom. The molecule has 1 unspecified atom stereocenters. The Morgan fingerprint density at radius 2 is 2.17 bits per heavy atom. The molecule has 24 heavy (non-hydrogen) atoms. The Labute approximate surface area is 140 Å². The van der Waals surface area contributed by atoms with Crippen LogP contribution in [0.1, 0.15) is 24.6 Å². The molecule has 0 bridgehead atoms. The summed E-state index contributed by atoms with van der Waals surface area (Å²) in [7, 11) is 0. The van der Waals surface area contributed by atoms with Gasteiger partial charge in [0.25, 0.3) is 0 Å². The second kappa shape index (κ2) is 6.92. The van der Waals surface area contributed by atoms with E-state index in [1.165, 1.54) is 0 Å². The summed E-state index contributed by atoms with van der Waals surface area (Å²) in [6, 6.07) is 10.3. The number of nitrogens with one attached hydrogen (secondary N) is 1. The lowest BCUT2D eigenvalue weighted by Gasteiger charge is -2.23. The summed E-state index contributed by atoms with van der Waals surface area (Å²) in [6.45, 7) is 1.83. The molecule has 0 saturated carbocycles. The fraction of sp³-hybridized carbons (Fsp3) is 0.412. The highest BCUT2D eigenvalue weighted by Gasteiger charge is 2.19. The molecule has 0 aliphatic carbocycles. The van der Waals surface area contributed by atoms with Crippen molar-refractivity contribution in [3.63, 3.8) is 0 Å². The van der Waals surface area contributed by atoms with Crippen LogP contribution in [0.3, 0.4) is 0 Å². The lowest BCUT2D eigenvalue weighted by molar-refractivity contribution is 0.348. The highest BCUT2D eigenvalue weighted by atomic mass is 16.5. The van der Waals surface area contributed by atoms with E-state index in [0.717, 1.165) is 50.2 Å². The zero-order chi connectivity index (χ0) is 16.2. The van der Waals surface area contributed by atoms with E-state index in [2.05, 4.69) is 25.5 Å². The van der Waals surface area contributed by atoms with Crippen LogP contribution in [0.25, 0.3) is 11.4 Å². The molecule has 1 aliphatic heterocycles. The molecule has 7 heteroatoms. The summed E-state index contributed by atoms with van der Waals surface area (Å²) in [6.07, 6.45) is 5.49. The lowest BCUT2D eigenvalue weighted by Crippen LogP contribution is -2.38. The van der Waals surface area contributed by atoms with Crippen molar-refractivity contribution in [3.05, 3.63) is 48.4 Å². The molecule has 0 amide bonds. The number of nitrogens with zero attached hydrogens (tertiary/aromatic N) is 5. The van der Waals surface area contributed by atoms with Crippen LogP contribution in [0, 0.1) is 0 Å². The number of hydrogen-bond acceptors (Lipinski definition) is 6. The molecular weight excluding hydrogens is 304 g/mol. The van der Waals surface area contributed by atoms with Crippen LogP contribution in [-0.4, -0.2) is 37.5 Å². The SMILES string of the molecule is c1ccc(-c2noc(CCCNC3CCc4ncnn4C3)n2)cc1. The third-order valence-corrected chi connectivity index (χ3v) is 4.31. The largest absolute Gasteiger partial charge is 0.339 e. The molecular formula is C17H20N6O. The molecule has 1 N–H and O–H groups in total. The predicted molar refractivity (Wildman–Crippen MR) is 88.2 cm³/mol. The first-order valence-corrected chi connectivity index (χ1v) is 8.36. The molecule has 1 atom stereocenters. The van der Waals surface area contributed by atoms with Gasteiger partial charge < -0.3 is 9.84 Å². The van der Waals surface area contributed by atoms with Gasteiger partial charge >= 0.3 is 0 Å². The Kier molecular flexibility index (Phi) is 4.33. The average Bonchev–Trinajstić information content (AvgIpc) is 3.28. The van der Waals surface area contributed by atoms with E-state index in [4.69, 9.17) is 4.52 Å². The van der Waals surface area contributed by atoms with Crippen LogP contribution in [-0.2, 0) is 19.4 Å². The topological polar surface area (TPSA) is 81.7 Å². The van der Waals surface area contributed by atoms with Crippen molar-refractivity contribution in [3.8, 4) is 11.4 Å². The first-order valence-electron chi connectivity index (χ1n) is 8.36. The van der Waals surface area contributed by atoms with Crippen LogP contribution in [0.15, 0.2) is 41.2 Å². The highest BCUT2D eigenvalue weighted by molar-refractivity contribution is 5.53. The third-order valence-electron chi connectivity index (χ3n) is 4.31. The average molecular weight is 324 g/mol. The van der Waals surface area contributed by atoms with Gasteiger partial charge in [-0.05, 0) is 19.4 Å². The Bertz CT molecular complexity index is 781. The van der Waals surface area contributed by atoms with Crippen molar-refractivity contribution < 1.29 is 4.52 Å². The van der Waals surface area contributed by atoms with Gasteiger partial charge in [-0.3, -0.25) is 0 Å². The van der Waals surface area contributed by atoms with E-state index in [-0.39, 0.29) is 0 Å². The smallest absolute Gasteiger partial charge is 0.227 e. The van der Waals surface area contributed by atoms with E-state index in [0.29, 0.717) is 17.8 Å². The van der Waals surface area contributed by atoms with E-state index in [1.54, 1.807) is 6.33 Å². The minimum atomic E-state index is 0.460.